The van der Waals surface area contributed by atoms with Crippen LogP contribution in [0.3, 0.4) is 0 Å². The van der Waals surface area contributed by atoms with E-state index in [1.54, 1.807) is 26.8 Å². The number of hydrogen-bond acceptors (Lipinski definition) is 5. The molecule has 1 heterocycles. The lowest BCUT2D eigenvalue weighted by molar-refractivity contribution is 0.0944. The Kier molecular flexibility index (Phi) is 3.78. The lowest BCUT2D eigenvalue weighted by Crippen LogP contribution is -2.29. The summed E-state index contributed by atoms with van der Waals surface area (Å²) in [6, 6.07) is 3.25. The Morgan fingerprint density at radius 3 is 2.47 bits per heavy atom. The summed E-state index contributed by atoms with van der Waals surface area (Å²) in [6.07, 6.45) is 1.12. The van der Waals surface area contributed by atoms with E-state index in [4.69, 9.17) is 0 Å². The first-order valence-corrected chi connectivity index (χ1v) is 7.12. The van der Waals surface area contributed by atoms with Gasteiger partial charge in [0.1, 0.15) is 5.82 Å². The van der Waals surface area contributed by atoms with E-state index >= 15 is 0 Å². The highest BCUT2D eigenvalue weighted by molar-refractivity contribution is 7.90. The van der Waals surface area contributed by atoms with Crippen molar-refractivity contribution >= 4 is 15.7 Å². The number of nitrogens with zero attached hydrogens (tertiary/aromatic N) is 1. The molecule has 0 aliphatic heterocycles. The molecule has 0 aliphatic carbocycles. The van der Waals surface area contributed by atoms with Crippen LogP contribution in [-0.2, 0) is 9.84 Å². The third-order valence-corrected chi connectivity index (χ3v) is 3.00. The van der Waals surface area contributed by atoms with Crippen molar-refractivity contribution < 1.29 is 13.5 Å². The molecule has 0 unspecified atom stereocenters. The van der Waals surface area contributed by atoms with Crippen LogP contribution in [0.15, 0.2) is 17.2 Å². The molecule has 0 amide bonds. The molecule has 0 bridgehead atoms. The summed E-state index contributed by atoms with van der Waals surface area (Å²) in [4.78, 5) is 4.00. The van der Waals surface area contributed by atoms with E-state index < -0.39 is 15.4 Å². The van der Waals surface area contributed by atoms with Gasteiger partial charge in [0.05, 0.1) is 5.60 Å². The van der Waals surface area contributed by atoms with Gasteiger partial charge < -0.3 is 10.4 Å². The van der Waals surface area contributed by atoms with Crippen LogP contribution in [0.2, 0.25) is 0 Å². The van der Waals surface area contributed by atoms with Gasteiger partial charge in [0.2, 0.25) is 0 Å². The average molecular weight is 258 g/mol. The summed E-state index contributed by atoms with van der Waals surface area (Å²) in [5, 5.41) is 12.5. The van der Waals surface area contributed by atoms with Gasteiger partial charge in [0.15, 0.2) is 14.9 Å². The van der Waals surface area contributed by atoms with Crippen LogP contribution in [0.4, 0.5) is 5.82 Å². The van der Waals surface area contributed by atoms with Gasteiger partial charge in [-0.2, -0.15) is 0 Å². The maximum Gasteiger partial charge on any atom is 0.192 e. The van der Waals surface area contributed by atoms with Crippen molar-refractivity contribution in [3.63, 3.8) is 0 Å². The number of aromatic nitrogens is 1. The first kappa shape index (κ1) is 13.9. The normalized spacial score (nSPS) is 12.5. The summed E-state index contributed by atoms with van der Waals surface area (Å²) in [7, 11) is -3.32. The van der Waals surface area contributed by atoms with E-state index in [2.05, 4.69) is 10.3 Å². The van der Waals surface area contributed by atoms with Crippen LogP contribution in [0.25, 0.3) is 0 Å². The first-order chi connectivity index (χ1) is 7.58. The molecule has 0 aromatic carbocycles. The summed E-state index contributed by atoms with van der Waals surface area (Å²) in [5.74, 6) is 0.451. The van der Waals surface area contributed by atoms with Gasteiger partial charge >= 0.3 is 0 Å². The summed E-state index contributed by atoms with van der Waals surface area (Å²) < 4.78 is 22.8. The molecule has 2 N–H and O–H groups in total. The largest absolute Gasteiger partial charge is 0.389 e. The Morgan fingerprint density at radius 1 is 1.41 bits per heavy atom. The van der Waals surface area contributed by atoms with Crippen molar-refractivity contribution in [3.8, 4) is 0 Å². The zero-order valence-corrected chi connectivity index (χ0v) is 11.3. The van der Waals surface area contributed by atoms with E-state index in [0.29, 0.717) is 12.4 Å². The molecular formula is C11H18N2O3S. The molecule has 0 spiro atoms. The van der Waals surface area contributed by atoms with Crippen LogP contribution in [0.5, 0.6) is 0 Å². The van der Waals surface area contributed by atoms with Crippen molar-refractivity contribution in [2.24, 2.45) is 0 Å². The van der Waals surface area contributed by atoms with Crippen LogP contribution in [-0.4, -0.2) is 36.9 Å². The Labute approximate surface area is 102 Å². The summed E-state index contributed by atoms with van der Waals surface area (Å²) in [6.45, 7) is 5.42. The van der Waals surface area contributed by atoms with Crippen molar-refractivity contribution in [1.29, 1.82) is 0 Å². The van der Waals surface area contributed by atoms with E-state index in [1.807, 2.05) is 0 Å². The second-order valence-corrected chi connectivity index (χ2v) is 6.77. The number of nitrogens with one attached hydrogen (secondary N) is 1. The molecule has 5 nitrogen and oxygen atoms in total. The number of rotatable bonds is 4. The second-order valence-electron chi connectivity index (χ2n) is 4.81. The summed E-state index contributed by atoms with van der Waals surface area (Å²) in [5.41, 5.74) is -0.0740. The molecule has 1 aromatic rings. The number of hydrogen-bond donors (Lipinski definition) is 2. The molecule has 17 heavy (non-hydrogen) atoms. The van der Waals surface area contributed by atoms with Gasteiger partial charge in [-0.15, -0.1) is 0 Å². The predicted molar refractivity (Wildman–Crippen MR) is 66.9 cm³/mol. The van der Waals surface area contributed by atoms with Crippen molar-refractivity contribution in [2.75, 3.05) is 18.1 Å². The summed E-state index contributed by atoms with van der Waals surface area (Å²) >= 11 is 0. The van der Waals surface area contributed by atoms with Crippen molar-refractivity contribution in [3.05, 3.63) is 17.7 Å². The van der Waals surface area contributed by atoms with Crippen LogP contribution in [0.1, 0.15) is 19.4 Å². The lowest BCUT2D eigenvalue weighted by atomic mass is 10.1. The molecule has 0 saturated heterocycles. The first-order valence-electron chi connectivity index (χ1n) is 5.23. The monoisotopic (exact) mass is 258 g/mol. The average Bonchev–Trinajstić information content (AvgIpc) is 2.11. The van der Waals surface area contributed by atoms with Gasteiger partial charge in [-0.3, -0.25) is 0 Å². The minimum absolute atomic E-state index is 0.0377. The van der Waals surface area contributed by atoms with Gasteiger partial charge in [-0.25, -0.2) is 13.4 Å². The molecular weight excluding hydrogens is 240 g/mol. The molecule has 96 valence electrons. The Balaban J connectivity index is 2.99. The highest BCUT2D eigenvalue weighted by Crippen LogP contribution is 2.14. The zero-order chi connectivity index (χ0) is 13.3. The Hall–Kier alpha value is -1.14. The van der Waals surface area contributed by atoms with Gasteiger partial charge in [0.25, 0.3) is 0 Å². The quantitative estimate of drug-likeness (QED) is 0.841. The van der Waals surface area contributed by atoms with E-state index in [-0.39, 0.29) is 5.03 Å². The molecule has 0 aliphatic rings. The van der Waals surface area contributed by atoms with E-state index in [0.717, 1.165) is 11.8 Å². The fourth-order valence-electron chi connectivity index (χ4n) is 1.22. The number of anilines is 1. The number of sulfone groups is 1. The SMILES string of the molecule is Cc1cc(NCC(C)(C)O)nc(S(C)(=O)=O)c1. The maximum atomic E-state index is 11.4. The minimum Gasteiger partial charge on any atom is -0.389 e. The fraction of sp³-hybridized carbons (Fsp3) is 0.545. The van der Waals surface area contributed by atoms with Crippen LogP contribution < -0.4 is 5.32 Å². The van der Waals surface area contributed by atoms with E-state index in [9.17, 15) is 13.5 Å². The third kappa shape index (κ3) is 4.70. The molecule has 0 fully saturated rings. The topological polar surface area (TPSA) is 79.3 Å². The van der Waals surface area contributed by atoms with Crippen LogP contribution >= 0.6 is 0 Å². The highest BCUT2D eigenvalue weighted by Gasteiger charge is 2.14. The molecule has 1 rings (SSSR count). The minimum atomic E-state index is -3.32. The Bertz CT molecular complexity index is 504. The number of aliphatic hydroxyl groups is 1. The number of pyridine rings is 1. The second kappa shape index (κ2) is 4.62. The smallest absolute Gasteiger partial charge is 0.192 e. The highest BCUT2D eigenvalue weighted by atomic mass is 32.2. The molecule has 6 heteroatoms. The van der Waals surface area contributed by atoms with Gasteiger partial charge in [-0.1, -0.05) is 0 Å². The van der Waals surface area contributed by atoms with E-state index in [1.165, 1.54) is 6.07 Å². The molecule has 1 aromatic heterocycles. The molecule has 0 saturated carbocycles. The third-order valence-electron chi connectivity index (χ3n) is 2.03. The maximum absolute atomic E-state index is 11.4. The number of aryl methyl sites for hydroxylation is 1. The molecule has 0 radical (unpaired) electrons. The Morgan fingerprint density at radius 2 is 2.00 bits per heavy atom. The van der Waals surface area contributed by atoms with Crippen LogP contribution in [0, 0.1) is 6.92 Å². The fourth-order valence-corrected chi connectivity index (χ4v) is 1.89. The van der Waals surface area contributed by atoms with Crippen molar-refractivity contribution in [1.82, 2.24) is 4.98 Å². The predicted octanol–water partition coefficient (Wildman–Crippen LogP) is 0.976. The van der Waals surface area contributed by atoms with Gasteiger partial charge in [0, 0.05) is 12.8 Å². The molecule has 0 atom stereocenters. The zero-order valence-electron chi connectivity index (χ0n) is 10.5. The lowest BCUT2D eigenvalue weighted by Gasteiger charge is -2.18. The van der Waals surface area contributed by atoms with Crippen molar-refractivity contribution in [2.45, 2.75) is 31.4 Å². The van der Waals surface area contributed by atoms with Gasteiger partial charge in [-0.05, 0) is 38.5 Å². The standard InChI is InChI=1S/C11H18N2O3S/c1-8-5-9(12-7-11(2,3)14)13-10(6-8)17(4,15)16/h5-6,14H,7H2,1-4H3,(H,12,13).